The average molecular weight is 655 g/mol. The zero-order valence-corrected chi connectivity index (χ0v) is 27.1. The van der Waals surface area contributed by atoms with Crippen LogP contribution in [0.1, 0.15) is 0 Å². The number of aromatic nitrogens is 4. The summed E-state index contributed by atoms with van der Waals surface area (Å²) < 4.78 is 15.4. The summed E-state index contributed by atoms with van der Waals surface area (Å²) >= 11 is 0. The molecular weight excluding hydrogens is 629 g/mol. The molecule has 238 valence electrons. The highest BCUT2D eigenvalue weighted by molar-refractivity contribution is 6.18. The fraction of sp³-hybridized carbons (Fsp3) is 0. The number of hydrogen-bond donors (Lipinski definition) is 0. The minimum absolute atomic E-state index is 0.539. The molecule has 6 heteroatoms. The monoisotopic (exact) mass is 654 g/mol. The molecule has 0 atom stereocenters. The first-order chi connectivity index (χ1) is 25.3. The largest absolute Gasteiger partial charge is 0.456 e. The molecule has 0 fully saturated rings. The fourth-order valence-electron chi connectivity index (χ4n) is 7.58. The second-order valence-corrected chi connectivity index (χ2v) is 12.8. The Morgan fingerprint density at radius 1 is 0.392 bits per heavy atom. The van der Waals surface area contributed by atoms with Crippen LogP contribution in [0.15, 0.2) is 167 Å². The maximum absolute atomic E-state index is 6.79. The quantitative estimate of drug-likeness (QED) is 0.189. The highest BCUT2D eigenvalue weighted by atomic mass is 16.3. The molecule has 0 saturated heterocycles. The summed E-state index contributed by atoms with van der Waals surface area (Å²) in [6.07, 6.45) is 0. The number of rotatable bonds is 4. The van der Waals surface area contributed by atoms with E-state index in [2.05, 4.69) is 89.5 Å². The molecule has 0 amide bonds. The van der Waals surface area contributed by atoms with Gasteiger partial charge in [0.05, 0.1) is 16.6 Å². The smallest absolute Gasteiger partial charge is 0.167 e. The van der Waals surface area contributed by atoms with Crippen molar-refractivity contribution in [2.75, 3.05) is 0 Å². The summed E-state index contributed by atoms with van der Waals surface area (Å²) in [7, 11) is 0. The first kappa shape index (κ1) is 27.9. The molecule has 0 N–H and O–H groups in total. The van der Waals surface area contributed by atoms with Crippen LogP contribution < -0.4 is 0 Å². The van der Waals surface area contributed by atoms with E-state index in [1.165, 1.54) is 5.39 Å². The van der Waals surface area contributed by atoms with Gasteiger partial charge < -0.3 is 13.4 Å². The van der Waals surface area contributed by atoms with Crippen LogP contribution in [0, 0.1) is 0 Å². The van der Waals surface area contributed by atoms with Gasteiger partial charge >= 0.3 is 0 Å². The summed E-state index contributed by atoms with van der Waals surface area (Å²) in [5.74, 6) is 1.69. The lowest BCUT2D eigenvalue weighted by molar-refractivity contribution is 0.669. The van der Waals surface area contributed by atoms with Gasteiger partial charge in [-0.05, 0) is 48.5 Å². The van der Waals surface area contributed by atoms with Gasteiger partial charge in [0, 0.05) is 49.1 Å². The second-order valence-electron chi connectivity index (χ2n) is 12.8. The highest BCUT2D eigenvalue weighted by Crippen LogP contribution is 2.41. The van der Waals surface area contributed by atoms with Crippen LogP contribution in [0.2, 0.25) is 0 Å². The Labute approximate surface area is 290 Å². The summed E-state index contributed by atoms with van der Waals surface area (Å²) in [6, 6.07) is 53.8. The minimum Gasteiger partial charge on any atom is -0.456 e. The van der Waals surface area contributed by atoms with Gasteiger partial charge in [0.15, 0.2) is 17.5 Å². The molecule has 0 spiro atoms. The SMILES string of the molecule is c1ccc(-c2nc(-c3cccc4c3oc3cc5c6ccccc6n(-c6ccccc6)c5cc34)nc(-c3cccc4oc5ccccc5c34)n2)cc1. The number of nitrogens with zero attached hydrogens (tertiary/aromatic N) is 4. The van der Waals surface area contributed by atoms with Crippen molar-refractivity contribution in [1.82, 2.24) is 19.5 Å². The average Bonchev–Trinajstić information content (AvgIpc) is 3.86. The van der Waals surface area contributed by atoms with Gasteiger partial charge in [-0.15, -0.1) is 0 Å². The van der Waals surface area contributed by atoms with E-state index in [0.717, 1.165) is 82.7 Å². The van der Waals surface area contributed by atoms with Gasteiger partial charge in [0.25, 0.3) is 0 Å². The van der Waals surface area contributed by atoms with Crippen molar-refractivity contribution in [3.8, 4) is 39.9 Å². The summed E-state index contributed by atoms with van der Waals surface area (Å²) in [4.78, 5) is 15.3. The van der Waals surface area contributed by atoms with Gasteiger partial charge in [-0.1, -0.05) is 109 Å². The molecule has 0 saturated carbocycles. The number of fused-ring (bicyclic) bond motifs is 9. The van der Waals surface area contributed by atoms with Crippen LogP contribution in [-0.2, 0) is 0 Å². The van der Waals surface area contributed by atoms with Crippen molar-refractivity contribution in [1.29, 1.82) is 0 Å². The lowest BCUT2D eigenvalue weighted by Crippen LogP contribution is -2.00. The predicted octanol–water partition coefficient (Wildman–Crippen LogP) is 11.8. The minimum atomic E-state index is 0.539. The second kappa shape index (κ2) is 10.7. The van der Waals surface area contributed by atoms with Crippen molar-refractivity contribution in [2.45, 2.75) is 0 Å². The molecule has 0 aliphatic carbocycles. The van der Waals surface area contributed by atoms with Crippen molar-refractivity contribution < 1.29 is 8.83 Å². The molecule has 4 heterocycles. The van der Waals surface area contributed by atoms with Crippen LogP contribution >= 0.6 is 0 Å². The van der Waals surface area contributed by atoms with Crippen LogP contribution in [0.4, 0.5) is 0 Å². The Hall–Kier alpha value is -7.05. The fourth-order valence-corrected chi connectivity index (χ4v) is 7.58. The van der Waals surface area contributed by atoms with E-state index in [9.17, 15) is 0 Å². The molecule has 11 aromatic rings. The van der Waals surface area contributed by atoms with Gasteiger partial charge in [-0.3, -0.25) is 0 Å². The van der Waals surface area contributed by atoms with Gasteiger partial charge in [0.2, 0.25) is 0 Å². The standard InChI is InChI=1S/C45H26N4O2/c1-3-13-27(14-4-1)43-46-44(32-20-12-24-39-41(32)31-18-8-10-23-38(31)50-39)48-45(47-43)33-21-11-19-30-35-25-37-34(26-40(35)51-42(30)33)29-17-7-9-22-36(29)49(37)28-15-5-2-6-16-28/h1-26H. The summed E-state index contributed by atoms with van der Waals surface area (Å²) in [5, 5.41) is 6.34. The first-order valence-electron chi connectivity index (χ1n) is 16.9. The van der Waals surface area contributed by atoms with Crippen molar-refractivity contribution in [3.63, 3.8) is 0 Å². The lowest BCUT2D eigenvalue weighted by Gasteiger charge is -2.09. The number of furan rings is 2. The van der Waals surface area contributed by atoms with Gasteiger partial charge in [0.1, 0.15) is 22.3 Å². The Bertz CT molecular complexity index is 3140. The Kier molecular flexibility index (Phi) is 5.86. The molecule has 0 aliphatic heterocycles. The van der Waals surface area contributed by atoms with E-state index in [-0.39, 0.29) is 0 Å². The van der Waals surface area contributed by atoms with E-state index < -0.39 is 0 Å². The van der Waals surface area contributed by atoms with Crippen LogP contribution in [-0.4, -0.2) is 19.5 Å². The topological polar surface area (TPSA) is 69.9 Å². The maximum atomic E-state index is 6.79. The molecular formula is C45H26N4O2. The van der Waals surface area contributed by atoms with Crippen molar-refractivity contribution in [2.24, 2.45) is 0 Å². The highest BCUT2D eigenvalue weighted by Gasteiger charge is 2.21. The maximum Gasteiger partial charge on any atom is 0.167 e. The molecule has 51 heavy (non-hydrogen) atoms. The third-order valence-corrected chi connectivity index (χ3v) is 9.86. The van der Waals surface area contributed by atoms with Crippen LogP contribution in [0.5, 0.6) is 0 Å². The number of para-hydroxylation sites is 4. The molecule has 0 bridgehead atoms. The predicted molar refractivity (Wildman–Crippen MR) is 205 cm³/mol. The van der Waals surface area contributed by atoms with Crippen molar-refractivity contribution in [3.05, 3.63) is 158 Å². The number of hydrogen-bond acceptors (Lipinski definition) is 5. The summed E-state index contributed by atoms with van der Waals surface area (Å²) in [6.45, 7) is 0. The van der Waals surface area contributed by atoms with E-state index in [1.807, 2.05) is 72.8 Å². The normalized spacial score (nSPS) is 11.9. The van der Waals surface area contributed by atoms with Gasteiger partial charge in [-0.25, -0.2) is 15.0 Å². The summed E-state index contributed by atoms with van der Waals surface area (Å²) in [5.41, 5.74) is 9.13. The zero-order chi connectivity index (χ0) is 33.5. The molecule has 6 nitrogen and oxygen atoms in total. The first-order valence-corrected chi connectivity index (χ1v) is 16.9. The Morgan fingerprint density at radius 3 is 1.90 bits per heavy atom. The van der Waals surface area contributed by atoms with E-state index >= 15 is 0 Å². The molecule has 4 aromatic heterocycles. The van der Waals surface area contributed by atoms with E-state index in [1.54, 1.807) is 0 Å². The molecule has 7 aromatic carbocycles. The van der Waals surface area contributed by atoms with Crippen LogP contribution in [0.25, 0.3) is 106 Å². The zero-order valence-electron chi connectivity index (χ0n) is 27.1. The van der Waals surface area contributed by atoms with E-state index in [0.29, 0.717) is 17.5 Å². The molecule has 0 unspecified atom stereocenters. The lowest BCUT2D eigenvalue weighted by atomic mass is 10.0. The van der Waals surface area contributed by atoms with E-state index in [4.69, 9.17) is 23.8 Å². The Morgan fingerprint density at radius 2 is 1.04 bits per heavy atom. The third-order valence-electron chi connectivity index (χ3n) is 9.86. The van der Waals surface area contributed by atoms with Crippen LogP contribution in [0.3, 0.4) is 0 Å². The van der Waals surface area contributed by atoms with Gasteiger partial charge in [-0.2, -0.15) is 0 Å². The third kappa shape index (κ3) is 4.20. The molecule has 11 rings (SSSR count). The number of benzene rings is 7. The van der Waals surface area contributed by atoms with Crippen molar-refractivity contribution >= 4 is 65.7 Å². The molecule has 0 radical (unpaired) electrons. The molecule has 0 aliphatic rings. The Balaban J connectivity index is 1.18.